The lowest BCUT2D eigenvalue weighted by molar-refractivity contribution is 0.584. The highest BCUT2D eigenvalue weighted by molar-refractivity contribution is 5.12. The van der Waals surface area contributed by atoms with Gasteiger partial charge in [-0.1, -0.05) is 13.8 Å². The summed E-state index contributed by atoms with van der Waals surface area (Å²) in [5.74, 6) is 1.05. The summed E-state index contributed by atoms with van der Waals surface area (Å²) in [5, 5.41) is 4.47. The SMILES string of the molecule is CCc1cc(Cn2ccnc2CC(N)CC)n(C)n1. The van der Waals surface area contributed by atoms with Crippen molar-refractivity contribution in [3.63, 3.8) is 0 Å². The molecule has 0 aromatic carbocycles. The maximum Gasteiger partial charge on any atom is 0.110 e. The van der Waals surface area contributed by atoms with Crippen molar-refractivity contribution in [3.8, 4) is 0 Å². The molecule has 0 saturated carbocycles. The van der Waals surface area contributed by atoms with E-state index in [1.54, 1.807) is 0 Å². The fourth-order valence-electron chi connectivity index (χ4n) is 2.12. The maximum atomic E-state index is 6.01. The van der Waals surface area contributed by atoms with Gasteiger partial charge in [0.1, 0.15) is 5.82 Å². The predicted octanol–water partition coefficient (Wildman–Crippen LogP) is 1.51. The first-order valence-electron chi connectivity index (χ1n) is 6.91. The smallest absolute Gasteiger partial charge is 0.110 e. The molecule has 2 aromatic heterocycles. The largest absolute Gasteiger partial charge is 0.329 e. The van der Waals surface area contributed by atoms with E-state index in [9.17, 15) is 0 Å². The molecule has 0 fully saturated rings. The van der Waals surface area contributed by atoms with Gasteiger partial charge in [-0.05, 0) is 18.9 Å². The van der Waals surface area contributed by atoms with Crippen LogP contribution < -0.4 is 5.73 Å². The Bertz CT molecular complexity index is 526. The second-order valence-electron chi connectivity index (χ2n) is 4.95. The van der Waals surface area contributed by atoms with Crippen molar-refractivity contribution < 1.29 is 0 Å². The van der Waals surface area contributed by atoms with Gasteiger partial charge in [0.05, 0.1) is 17.9 Å². The Labute approximate surface area is 114 Å². The summed E-state index contributed by atoms with van der Waals surface area (Å²) in [4.78, 5) is 4.41. The number of aryl methyl sites for hydroxylation is 2. The number of imidazole rings is 1. The Hall–Kier alpha value is -1.62. The summed E-state index contributed by atoms with van der Waals surface area (Å²) in [6.07, 6.45) is 6.61. The van der Waals surface area contributed by atoms with E-state index in [1.807, 2.05) is 24.1 Å². The van der Waals surface area contributed by atoms with Gasteiger partial charge in [0, 0.05) is 31.9 Å². The van der Waals surface area contributed by atoms with Crippen molar-refractivity contribution in [2.24, 2.45) is 12.8 Å². The predicted molar refractivity (Wildman–Crippen MR) is 75.9 cm³/mol. The zero-order chi connectivity index (χ0) is 13.8. The molecule has 19 heavy (non-hydrogen) atoms. The molecule has 0 spiro atoms. The zero-order valence-corrected chi connectivity index (χ0v) is 12.0. The van der Waals surface area contributed by atoms with Gasteiger partial charge >= 0.3 is 0 Å². The average molecular weight is 261 g/mol. The van der Waals surface area contributed by atoms with Gasteiger partial charge in [0.2, 0.25) is 0 Å². The van der Waals surface area contributed by atoms with E-state index >= 15 is 0 Å². The van der Waals surface area contributed by atoms with E-state index in [2.05, 4.69) is 34.6 Å². The molecule has 2 rings (SSSR count). The number of aromatic nitrogens is 4. The molecule has 2 N–H and O–H groups in total. The molecule has 0 bridgehead atoms. The van der Waals surface area contributed by atoms with Crippen LogP contribution in [0.5, 0.6) is 0 Å². The second-order valence-corrected chi connectivity index (χ2v) is 4.95. The van der Waals surface area contributed by atoms with Crippen molar-refractivity contribution in [1.82, 2.24) is 19.3 Å². The summed E-state index contributed by atoms with van der Waals surface area (Å²) >= 11 is 0. The molecule has 1 unspecified atom stereocenters. The van der Waals surface area contributed by atoms with Crippen molar-refractivity contribution in [2.75, 3.05) is 0 Å². The Morgan fingerprint density at radius 1 is 1.37 bits per heavy atom. The monoisotopic (exact) mass is 261 g/mol. The van der Waals surface area contributed by atoms with Gasteiger partial charge in [-0.25, -0.2) is 4.98 Å². The van der Waals surface area contributed by atoms with E-state index in [1.165, 1.54) is 5.69 Å². The van der Waals surface area contributed by atoms with Crippen LogP contribution in [-0.2, 0) is 26.4 Å². The summed E-state index contributed by atoms with van der Waals surface area (Å²) in [6, 6.07) is 2.34. The lowest BCUT2D eigenvalue weighted by Crippen LogP contribution is -2.23. The molecule has 5 heteroatoms. The molecule has 0 aliphatic carbocycles. The minimum atomic E-state index is 0.180. The van der Waals surface area contributed by atoms with Crippen molar-refractivity contribution >= 4 is 0 Å². The number of hydrogen-bond acceptors (Lipinski definition) is 3. The van der Waals surface area contributed by atoms with E-state index in [0.29, 0.717) is 0 Å². The molecule has 0 aliphatic rings. The third kappa shape index (κ3) is 3.23. The highest BCUT2D eigenvalue weighted by Gasteiger charge is 2.10. The summed E-state index contributed by atoms with van der Waals surface area (Å²) < 4.78 is 4.11. The van der Waals surface area contributed by atoms with Crippen LogP contribution in [0.25, 0.3) is 0 Å². The van der Waals surface area contributed by atoms with Crippen molar-refractivity contribution in [2.45, 2.75) is 45.7 Å². The maximum absolute atomic E-state index is 6.01. The lowest BCUT2D eigenvalue weighted by atomic mass is 10.1. The third-order valence-corrected chi connectivity index (χ3v) is 3.49. The van der Waals surface area contributed by atoms with Gasteiger partial charge in [-0.15, -0.1) is 0 Å². The Kier molecular flexibility index (Phi) is 4.37. The van der Waals surface area contributed by atoms with Gasteiger partial charge in [-0.2, -0.15) is 5.10 Å². The second kappa shape index (κ2) is 6.02. The summed E-state index contributed by atoms with van der Waals surface area (Å²) in [5.41, 5.74) is 8.34. The topological polar surface area (TPSA) is 61.7 Å². The number of rotatable bonds is 6. The number of hydrogen-bond donors (Lipinski definition) is 1. The van der Waals surface area contributed by atoms with E-state index in [4.69, 9.17) is 5.73 Å². The van der Waals surface area contributed by atoms with Crippen LogP contribution in [0.2, 0.25) is 0 Å². The van der Waals surface area contributed by atoms with E-state index < -0.39 is 0 Å². The van der Waals surface area contributed by atoms with Crippen LogP contribution in [0.15, 0.2) is 18.5 Å². The van der Waals surface area contributed by atoms with E-state index in [0.717, 1.165) is 37.3 Å². The molecular formula is C14H23N5. The first-order chi connectivity index (χ1) is 9.13. The average Bonchev–Trinajstić information content (AvgIpc) is 2.98. The summed E-state index contributed by atoms with van der Waals surface area (Å²) in [6.45, 7) is 5.02. The Morgan fingerprint density at radius 3 is 2.79 bits per heavy atom. The molecule has 0 radical (unpaired) electrons. The fourth-order valence-corrected chi connectivity index (χ4v) is 2.12. The Morgan fingerprint density at radius 2 is 2.16 bits per heavy atom. The summed E-state index contributed by atoms with van der Waals surface area (Å²) in [7, 11) is 1.99. The van der Waals surface area contributed by atoms with Crippen LogP contribution in [-0.4, -0.2) is 25.4 Å². The van der Waals surface area contributed by atoms with Gasteiger partial charge in [-0.3, -0.25) is 4.68 Å². The highest BCUT2D eigenvalue weighted by atomic mass is 15.3. The van der Waals surface area contributed by atoms with Crippen LogP contribution >= 0.6 is 0 Å². The first-order valence-corrected chi connectivity index (χ1v) is 6.91. The molecule has 0 aliphatic heterocycles. The zero-order valence-electron chi connectivity index (χ0n) is 12.0. The van der Waals surface area contributed by atoms with Crippen LogP contribution in [0.3, 0.4) is 0 Å². The van der Waals surface area contributed by atoms with Gasteiger partial charge < -0.3 is 10.3 Å². The first kappa shape index (κ1) is 13.8. The van der Waals surface area contributed by atoms with Gasteiger partial charge in [0.15, 0.2) is 0 Å². The standard InChI is InChI=1S/C14H23N5/c1-4-11(15)8-14-16-6-7-19(14)10-13-9-12(5-2)17-18(13)3/h6-7,9,11H,4-5,8,10,15H2,1-3H3. The molecule has 104 valence electrons. The minimum Gasteiger partial charge on any atom is -0.329 e. The van der Waals surface area contributed by atoms with Gasteiger partial charge in [0.25, 0.3) is 0 Å². The molecular weight excluding hydrogens is 238 g/mol. The number of nitrogens with two attached hydrogens (primary N) is 1. The normalized spacial score (nSPS) is 12.8. The van der Waals surface area contributed by atoms with Crippen molar-refractivity contribution in [3.05, 3.63) is 35.7 Å². The van der Waals surface area contributed by atoms with Crippen LogP contribution in [0.4, 0.5) is 0 Å². The fraction of sp³-hybridized carbons (Fsp3) is 0.571. The van der Waals surface area contributed by atoms with E-state index in [-0.39, 0.29) is 6.04 Å². The third-order valence-electron chi connectivity index (χ3n) is 3.49. The van der Waals surface area contributed by atoms with Crippen LogP contribution in [0.1, 0.15) is 37.5 Å². The molecule has 5 nitrogen and oxygen atoms in total. The quantitative estimate of drug-likeness (QED) is 0.857. The molecule has 2 heterocycles. The Balaban J connectivity index is 2.14. The molecule has 1 atom stereocenters. The molecule has 0 saturated heterocycles. The lowest BCUT2D eigenvalue weighted by Gasteiger charge is -2.11. The molecule has 2 aromatic rings. The van der Waals surface area contributed by atoms with Crippen molar-refractivity contribution in [1.29, 1.82) is 0 Å². The minimum absolute atomic E-state index is 0.180. The molecule has 0 amide bonds. The number of nitrogens with zero attached hydrogens (tertiary/aromatic N) is 4. The van der Waals surface area contributed by atoms with Crippen LogP contribution in [0, 0.1) is 0 Å². The highest BCUT2D eigenvalue weighted by Crippen LogP contribution is 2.09.